The van der Waals surface area contributed by atoms with Crippen molar-refractivity contribution in [1.29, 1.82) is 0 Å². The number of carbonyl (C=O) groups excluding carboxylic acids is 3. The van der Waals surface area contributed by atoms with Crippen LogP contribution in [-0.2, 0) is 22.6 Å². The number of Topliss-reactive ketones (excluding diaryl/α,β-unsaturated/α-hetero) is 1. The van der Waals surface area contributed by atoms with Crippen LogP contribution >= 0.6 is 0 Å². The molecule has 2 aromatic carbocycles. The Morgan fingerprint density at radius 2 is 1.97 bits per heavy atom. The molecule has 6 heteroatoms. The highest BCUT2D eigenvalue weighted by Crippen LogP contribution is 2.42. The summed E-state index contributed by atoms with van der Waals surface area (Å²) in [5.41, 5.74) is 9.73. The van der Waals surface area contributed by atoms with Gasteiger partial charge in [-0.05, 0) is 60.7 Å². The number of anilines is 1. The van der Waals surface area contributed by atoms with E-state index in [1.165, 1.54) is 0 Å². The number of aryl methyl sites for hydroxylation is 1. The third-order valence-electron chi connectivity index (χ3n) is 5.59. The molecular formula is C25H28N2O4. The summed E-state index contributed by atoms with van der Waals surface area (Å²) in [7, 11) is 1.63. The molecule has 0 radical (unpaired) electrons. The number of hydrogen-bond donors (Lipinski definition) is 2. The second-order valence-corrected chi connectivity index (χ2v) is 8.68. The molecule has 162 valence electrons. The second kappa shape index (κ2) is 8.47. The van der Waals surface area contributed by atoms with Crippen LogP contribution < -0.4 is 11.1 Å². The molecule has 0 aliphatic heterocycles. The number of ether oxygens (including phenoxy) is 1. The zero-order valence-electron chi connectivity index (χ0n) is 18.6. The summed E-state index contributed by atoms with van der Waals surface area (Å²) in [6, 6.07) is 9.38. The predicted octanol–water partition coefficient (Wildman–Crippen LogP) is 4.05. The SMILES string of the molecule is COCc1cccc(/C=C(\C)C(=O)Nc2cc(C)c(C(N)=O)c3c2C(=O)C(C)(C)C3)c1. The Kier molecular flexibility index (Phi) is 6.13. The number of fused-ring (bicyclic) bond motifs is 1. The number of nitrogens with one attached hydrogen (secondary N) is 1. The van der Waals surface area contributed by atoms with Gasteiger partial charge in [-0.1, -0.05) is 32.0 Å². The number of amides is 2. The normalized spacial score (nSPS) is 15.0. The fourth-order valence-corrected chi connectivity index (χ4v) is 4.10. The van der Waals surface area contributed by atoms with Gasteiger partial charge in [-0.15, -0.1) is 0 Å². The van der Waals surface area contributed by atoms with Crippen LogP contribution in [0.4, 0.5) is 5.69 Å². The van der Waals surface area contributed by atoms with Crippen LogP contribution in [0.1, 0.15) is 63.7 Å². The molecule has 1 aliphatic carbocycles. The number of rotatable bonds is 6. The van der Waals surface area contributed by atoms with Gasteiger partial charge < -0.3 is 15.8 Å². The third-order valence-corrected chi connectivity index (χ3v) is 5.59. The van der Waals surface area contributed by atoms with E-state index < -0.39 is 11.3 Å². The number of methoxy groups -OCH3 is 1. The monoisotopic (exact) mass is 420 g/mol. The number of benzene rings is 2. The summed E-state index contributed by atoms with van der Waals surface area (Å²) in [6.45, 7) is 7.63. The first kappa shape index (κ1) is 22.4. The molecule has 3 rings (SSSR count). The zero-order chi connectivity index (χ0) is 22.9. The summed E-state index contributed by atoms with van der Waals surface area (Å²) in [5.74, 6) is -0.985. The van der Waals surface area contributed by atoms with Crippen LogP contribution in [0.15, 0.2) is 35.9 Å². The average molecular weight is 421 g/mol. The Morgan fingerprint density at radius 3 is 2.61 bits per heavy atom. The van der Waals surface area contributed by atoms with Crippen molar-refractivity contribution in [3.63, 3.8) is 0 Å². The van der Waals surface area contributed by atoms with Crippen molar-refractivity contribution >= 4 is 29.4 Å². The van der Waals surface area contributed by atoms with E-state index in [2.05, 4.69) is 5.32 Å². The van der Waals surface area contributed by atoms with E-state index in [0.717, 1.165) is 11.1 Å². The minimum atomic E-state index is -0.660. The van der Waals surface area contributed by atoms with Crippen molar-refractivity contribution in [3.05, 3.63) is 69.3 Å². The molecule has 0 spiro atoms. The number of carbonyl (C=O) groups is 3. The van der Waals surface area contributed by atoms with Crippen LogP contribution in [0, 0.1) is 12.3 Å². The Morgan fingerprint density at radius 1 is 1.26 bits per heavy atom. The molecule has 0 unspecified atom stereocenters. The molecule has 1 aliphatic rings. The van der Waals surface area contributed by atoms with Crippen LogP contribution in [0.5, 0.6) is 0 Å². The summed E-state index contributed by atoms with van der Waals surface area (Å²) in [6.07, 6.45) is 2.19. The molecule has 3 N–H and O–H groups in total. The summed E-state index contributed by atoms with van der Waals surface area (Å²) >= 11 is 0. The van der Waals surface area contributed by atoms with Crippen LogP contribution in [0.3, 0.4) is 0 Å². The molecule has 0 saturated heterocycles. The van der Waals surface area contributed by atoms with Crippen molar-refractivity contribution in [2.75, 3.05) is 12.4 Å². The van der Waals surface area contributed by atoms with Crippen molar-refractivity contribution in [2.45, 2.75) is 40.7 Å². The maximum Gasteiger partial charge on any atom is 0.251 e. The zero-order valence-corrected chi connectivity index (χ0v) is 18.6. The van der Waals surface area contributed by atoms with Crippen molar-refractivity contribution < 1.29 is 19.1 Å². The minimum absolute atomic E-state index is 0.103. The third kappa shape index (κ3) is 4.44. The van der Waals surface area contributed by atoms with Gasteiger partial charge in [0.05, 0.1) is 12.3 Å². The summed E-state index contributed by atoms with van der Waals surface area (Å²) < 4.78 is 5.16. The van der Waals surface area contributed by atoms with Crippen LogP contribution in [0.2, 0.25) is 0 Å². The van der Waals surface area contributed by atoms with Crippen molar-refractivity contribution in [1.82, 2.24) is 0 Å². The minimum Gasteiger partial charge on any atom is -0.380 e. The molecule has 6 nitrogen and oxygen atoms in total. The standard InChI is InChI=1S/C25H28N2O4/c1-14-10-19(21-18(20(14)23(26)29)12-25(3,4)22(21)28)27-24(30)15(2)9-16-7-6-8-17(11-16)13-31-5/h6-11H,12-13H2,1-5H3,(H2,26,29)(H,27,30)/b15-9+. The summed E-state index contributed by atoms with van der Waals surface area (Å²) in [5, 5.41) is 2.87. The van der Waals surface area contributed by atoms with Crippen LogP contribution in [0.25, 0.3) is 6.08 Å². The maximum absolute atomic E-state index is 13.0. The van der Waals surface area contributed by atoms with Gasteiger partial charge in [0.25, 0.3) is 5.91 Å². The Hall–Kier alpha value is -3.25. The van der Waals surface area contributed by atoms with E-state index in [0.29, 0.717) is 46.5 Å². The van der Waals surface area contributed by atoms with Crippen molar-refractivity contribution in [2.24, 2.45) is 11.1 Å². The molecule has 0 atom stereocenters. The lowest BCUT2D eigenvalue weighted by Crippen LogP contribution is -2.21. The Labute approximate surface area is 182 Å². The number of primary amides is 1. The Bertz CT molecular complexity index is 1110. The molecule has 2 aromatic rings. The molecular weight excluding hydrogens is 392 g/mol. The van der Waals surface area contributed by atoms with E-state index in [1.54, 1.807) is 33.1 Å². The lowest BCUT2D eigenvalue weighted by molar-refractivity contribution is -0.112. The van der Waals surface area contributed by atoms with Crippen LogP contribution in [-0.4, -0.2) is 24.7 Å². The number of ketones is 1. The van der Waals surface area contributed by atoms with Gasteiger partial charge in [-0.2, -0.15) is 0 Å². The number of hydrogen-bond acceptors (Lipinski definition) is 4. The molecule has 2 amide bonds. The van der Waals surface area contributed by atoms with Gasteiger partial charge in [0, 0.05) is 29.2 Å². The highest BCUT2D eigenvalue weighted by atomic mass is 16.5. The topological polar surface area (TPSA) is 98.5 Å². The van der Waals surface area contributed by atoms with Gasteiger partial charge in [-0.3, -0.25) is 14.4 Å². The van der Waals surface area contributed by atoms with Gasteiger partial charge >= 0.3 is 0 Å². The highest BCUT2D eigenvalue weighted by Gasteiger charge is 2.42. The molecule has 0 aromatic heterocycles. The van der Waals surface area contributed by atoms with E-state index >= 15 is 0 Å². The molecule has 0 fully saturated rings. The van der Waals surface area contributed by atoms with E-state index in [1.807, 2.05) is 38.1 Å². The average Bonchev–Trinajstić information content (AvgIpc) is 2.91. The lowest BCUT2D eigenvalue weighted by atomic mass is 9.88. The maximum atomic E-state index is 13.0. The van der Waals surface area contributed by atoms with E-state index in [9.17, 15) is 14.4 Å². The van der Waals surface area contributed by atoms with Crippen molar-refractivity contribution in [3.8, 4) is 0 Å². The first-order valence-electron chi connectivity index (χ1n) is 10.1. The highest BCUT2D eigenvalue weighted by molar-refractivity contribution is 6.16. The van der Waals surface area contributed by atoms with Gasteiger partial charge in [0.15, 0.2) is 5.78 Å². The summed E-state index contributed by atoms with van der Waals surface area (Å²) in [4.78, 5) is 38.0. The van der Waals surface area contributed by atoms with E-state index in [-0.39, 0.29) is 11.7 Å². The Balaban J connectivity index is 1.96. The van der Waals surface area contributed by atoms with E-state index in [4.69, 9.17) is 10.5 Å². The predicted molar refractivity (Wildman–Crippen MR) is 121 cm³/mol. The van der Waals surface area contributed by atoms with Gasteiger partial charge in [-0.25, -0.2) is 0 Å². The van der Waals surface area contributed by atoms with Gasteiger partial charge in [0.2, 0.25) is 5.91 Å². The fourth-order valence-electron chi connectivity index (χ4n) is 4.10. The molecule has 0 bridgehead atoms. The molecule has 31 heavy (non-hydrogen) atoms. The van der Waals surface area contributed by atoms with Gasteiger partial charge in [0.1, 0.15) is 0 Å². The number of nitrogens with two attached hydrogens (primary N) is 1. The quantitative estimate of drug-likeness (QED) is 0.689. The lowest BCUT2D eigenvalue weighted by Gasteiger charge is -2.15. The molecule has 0 heterocycles. The largest absolute Gasteiger partial charge is 0.380 e. The molecule has 0 saturated carbocycles. The smallest absolute Gasteiger partial charge is 0.251 e. The first-order valence-corrected chi connectivity index (χ1v) is 10.1. The first-order chi connectivity index (χ1) is 14.5. The fraction of sp³-hybridized carbons (Fsp3) is 0.320. The second-order valence-electron chi connectivity index (χ2n) is 8.68.